The Labute approximate surface area is 119 Å². The van der Waals surface area contributed by atoms with Crippen molar-refractivity contribution < 1.29 is 0 Å². The Bertz CT molecular complexity index is 446. The largest absolute Gasteiger partial charge is 0.307 e. The first-order chi connectivity index (χ1) is 8.63. The van der Waals surface area contributed by atoms with Crippen LogP contribution < -0.4 is 5.32 Å². The first kappa shape index (κ1) is 12.8. The van der Waals surface area contributed by atoms with Crippen LogP contribution in [0.4, 0.5) is 0 Å². The molecule has 2 aliphatic carbocycles. The van der Waals surface area contributed by atoms with Crippen LogP contribution in [-0.4, -0.2) is 6.04 Å². The van der Waals surface area contributed by atoms with Crippen LogP contribution in [0.2, 0.25) is 10.0 Å². The predicted molar refractivity (Wildman–Crippen MR) is 77.2 cm³/mol. The molecule has 4 unspecified atom stereocenters. The van der Waals surface area contributed by atoms with Crippen LogP contribution in [0.5, 0.6) is 0 Å². The average molecular weight is 284 g/mol. The third-order valence-electron chi connectivity index (χ3n) is 4.65. The summed E-state index contributed by atoms with van der Waals surface area (Å²) in [5, 5.41) is 5.05. The summed E-state index contributed by atoms with van der Waals surface area (Å²) < 4.78 is 0. The number of hydrogen-bond donors (Lipinski definition) is 1. The molecular formula is C15H19Cl2N. The van der Waals surface area contributed by atoms with E-state index in [1.165, 1.54) is 31.2 Å². The van der Waals surface area contributed by atoms with E-state index < -0.39 is 0 Å². The minimum atomic E-state index is 0.351. The van der Waals surface area contributed by atoms with Gasteiger partial charge in [0.05, 0.1) is 10.0 Å². The Morgan fingerprint density at radius 2 is 2.00 bits per heavy atom. The smallest absolute Gasteiger partial charge is 0.0595 e. The molecule has 0 radical (unpaired) electrons. The molecule has 2 aliphatic rings. The van der Waals surface area contributed by atoms with Crippen molar-refractivity contribution in [3.05, 3.63) is 33.8 Å². The van der Waals surface area contributed by atoms with Crippen molar-refractivity contribution >= 4 is 23.2 Å². The Hall–Kier alpha value is -0.240. The van der Waals surface area contributed by atoms with Crippen LogP contribution in [-0.2, 0) is 0 Å². The minimum Gasteiger partial charge on any atom is -0.307 e. The molecule has 1 aromatic rings. The second-order valence-electron chi connectivity index (χ2n) is 5.84. The van der Waals surface area contributed by atoms with Gasteiger partial charge in [-0.05, 0) is 55.7 Å². The van der Waals surface area contributed by atoms with Crippen molar-refractivity contribution in [1.82, 2.24) is 5.32 Å². The molecule has 2 saturated carbocycles. The Morgan fingerprint density at radius 1 is 1.17 bits per heavy atom. The lowest BCUT2D eigenvalue weighted by Crippen LogP contribution is -2.35. The molecule has 3 rings (SSSR count). The van der Waals surface area contributed by atoms with Gasteiger partial charge in [-0.2, -0.15) is 0 Å². The zero-order valence-corrected chi connectivity index (χ0v) is 12.1. The maximum Gasteiger partial charge on any atom is 0.0595 e. The zero-order chi connectivity index (χ0) is 12.7. The highest BCUT2D eigenvalue weighted by atomic mass is 35.5. The van der Waals surface area contributed by atoms with Crippen LogP contribution in [0.15, 0.2) is 18.2 Å². The topological polar surface area (TPSA) is 12.0 Å². The summed E-state index contributed by atoms with van der Waals surface area (Å²) in [5.41, 5.74) is 1.23. The Morgan fingerprint density at radius 3 is 2.61 bits per heavy atom. The summed E-state index contributed by atoms with van der Waals surface area (Å²) in [6.45, 7) is 2.21. The highest BCUT2D eigenvalue weighted by Crippen LogP contribution is 2.45. The fraction of sp³-hybridized carbons (Fsp3) is 0.600. The Balaban J connectivity index is 1.67. The molecule has 1 N–H and O–H groups in total. The molecule has 0 saturated heterocycles. The molecule has 3 heteroatoms. The summed E-state index contributed by atoms with van der Waals surface area (Å²) in [7, 11) is 0. The number of rotatable bonds is 3. The normalized spacial score (nSPS) is 31.8. The maximum absolute atomic E-state index is 6.08. The minimum absolute atomic E-state index is 0.351. The van der Waals surface area contributed by atoms with Crippen molar-refractivity contribution in [1.29, 1.82) is 0 Å². The van der Waals surface area contributed by atoms with Crippen LogP contribution >= 0.6 is 23.2 Å². The predicted octanol–water partition coefficient (Wildman–Crippen LogP) is 4.83. The van der Waals surface area contributed by atoms with Crippen LogP contribution in [0, 0.1) is 11.8 Å². The number of hydrogen-bond acceptors (Lipinski definition) is 1. The molecule has 18 heavy (non-hydrogen) atoms. The van der Waals surface area contributed by atoms with Gasteiger partial charge in [0.15, 0.2) is 0 Å². The maximum atomic E-state index is 6.08. The summed E-state index contributed by atoms with van der Waals surface area (Å²) in [6.07, 6.45) is 5.66. The van der Waals surface area contributed by atoms with Gasteiger partial charge in [-0.3, -0.25) is 0 Å². The van der Waals surface area contributed by atoms with Gasteiger partial charge in [-0.1, -0.05) is 35.7 Å². The third-order valence-corrected chi connectivity index (χ3v) is 5.38. The van der Waals surface area contributed by atoms with Gasteiger partial charge < -0.3 is 5.32 Å². The zero-order valence-electron chi connectivity index (χ0n) is 10.6. The number of benzene rings is 1. The molecule has 1 aromatic carbocycles. The van der Waals surface area contributed by atoms with E-state index in [1.807, 2.05) is 12.1 Å². The molecule has 1 nitrogen and oxygen atoms in total. The van der Waals surface area contributed by atoms with E-state index in [-0.39, 0.29) is 0 Å². The van der Waals surface area contributed by atoms with Gasteiger partial charge >= 0.3 is 0 Å². The SMILES string of the molecule is CC(NC1CC2CCC1C2)c1ccc(Cl)c(Cl)c1. The summed E-state index contributed by atoms with van der Waals surface area (Å²) >= 11 is 12.0. The Kier molecular flexibility index (Phi) is 3.57. The van der Waals surface area contributed by atoms with E-state index in [9.17, 15) is 0 Å². The molecule has 0 aliphatic heterocycles. The fourth-order valence-electron chi connectivity index (χ4n) is 3.65. The van der Waals surface area contributed by atoms with E-state index in [0.29, 0.717) is 22.1 Å². The molecular weight excluding hydrogens is 265 g/mol. The molecule has 0 aromatic heterocycles. The molecule has 98 valence electrons. The van der Waals surface area contributed by atoms with Crippen molar-refractivity contribution in [2.24, 2.45) is 11.8 Å². The lowest BCUT2D eigenvalue weighted by molar-refractivity contribution is 0.327. The molecule has 0 heterocycles. The summed E-state index contributed by atoms with van der Waals surface area (Å²) in [6, 6.07) is 6.99. The van der Waals surface area contributed by atoms with Gasteiger partial charge in [0, 0.05) is 12.1 Å². The van der Waals surface area contributed by atoms with Gasteiger partial charge in [0.25, 0.3) is 0 Å². The van der Waals surface area contributed by atoms with Crippen molar-refractivity contribution in [3.63, 3.8) is 0 Å². The average Bonchev–Trinajstić information content (AvgIpc) is 2.94. The van der Waals surface area contributed by atoms with Gasteiger partial charge in [-0.15, -0.1) is 0 Å². The van der Waals surface area contributed by atoms with Crippen molar-refractivity contribution in [2.45, 2.75) is 44.7 Å². The van der Waals surface area contributed by atoms with Crippen LogP contribution in [0.3, 0.4) is 0 Å². The molecule has 0 amide bonds. The quantitative estimate of drug-likeness (QED) is 0.838. The van der Waals surface area contributed by atoms with Crippen LogP contribution in [0.25, 0.3) is 0 Å². The number of fused-ring (bicyclic) bond motifs is 2. The summed E-state index contributed by atoms with van der Waals surface area (Å²) in [5.74, 6) is 1.88. The first-order valence-corrected chi connectivity index (χ1v) is 7.60. The fourth-order valence-corrected chi connectivity index (χ4v) is 3.95. The van der Waals surface area contributed by atoms with E-state index in [4.69, 9.17) is 23.2 Å². The van der Waals surface area contributed by atoms with Gasteiger partial charge in [0.1, 0.15) is 0 Å². The van der Waals surface area contributed by atoms with E-state index in [0.717, 1.165) is 11.8 Å². The second-order valence-corrected chi connectivity index (χ2v) is 6.66. The molecule has 0 spiro atoms. The molecule has 2 fully saturated rings. The van der Waals surface area contributed by atoms with Crippen LogP contribution in [0.1, 0.15) is 44.2 Å². The first-order valence-electron chi connectivity index (χ1n) is 6.84. The highest BCUT2D eigenvalue weighted by Gasteiger charge is 2.39. The lowest BCUT2D eigenvalue weighted by atomic mass is 9.94. The van der Waals surface area contributed by atoms with Gasteiger partial charge in [-0.25, -0.2) is 0 Å². The second kappa shape index (κ2) is 5.03. The van der Waals surface area contributed by atoms with Crippen molar-refractivity contribution in [3.8, 4) is 0 Å². The molecule has 4 atom stereocenters. The standard InChI is InChI=1S/C15H19Cl2N/c1-9(11-4-5-13(16)14(17)8-11)18-15-7-10-2-3-12(15)6-10/h4-5,8-10,12,15,18H,2-3,6-7H2,1H3. The number of nitrogens with one attached hydrogen (secondary N) is 1. The molecule has 2 bridgehead atoms. The number of halogens is 2. The highest BCUT2D eigenvalue weighted by molar-refractivity contribution is 6.42. The van der Waals surface area contributed by atoms with Gasteiger partial charge in [0.2, 0.25) is 0 Å². The van der Waals surface area contributed by atoms with Crippen molar-refractivity contribution in [2.75, 3.05) is 0 Å². The summed E-state index contributed by atoms with van der Waals surface area (Å²) in [4.78, 5) is 0. The van der Waals surface area contributed by atoms with E-state index >= 15 is 0 Å². The van der Waals surface area contributed by atoms with E-state index in [1.54, 1.807) is 0 Å². The monoisotopic (exact) mass is 283 g/mol. The third kappa shape index (κ3) is 2.41. The van der Waals surface area contributed by atoms with E-state index in [2.05, 4.69) is 18.3 Å². The lowest BCUT2D eigenvalue weighted by Gasteiger charge is -2.27.